The standard InChI is InChI=1S/C14H20N4O4S/c1-10-9-22-14(19)18(10)13-8-15-7-12(16-13)11-3-5-17(6-4-11)23(2,20)21/h7-8,10-11H,3-6,9H2,1-2H3/t10-/m0/s1. The lowest BCUT2D eigenvalue weighted by Gasteiger charge is -2.30. The maximum Gasteiger partial charge on any atom is 0.415 e. The molecule has 1 aromatic heterocycles. The molecule has 1 aromatic rings. The molecule has 8 nitrogen and oxygen atoms in total. The van der Waals surface area contributed by atoms with Crippen LogP contribution >= 0.6 is 0 Å². The van der Waals surface area contributed by atoms with Gasteiger partial charge in [0.2, 0.25) is 10.0 Å². The largest absolute Gasteiger partial charge is 0.447 e. The highest BCUT2D eigenvalue weighted by Crippen LogP contribution is 2.29. The Morgan fingerprint density at radius 3 is 2.52 bits per heavy atom. The van der Waals surface area contributed by atoms with E-state index in [4.69, 9.17) is 4.74 Å². The maximum atomic E-state index is 11.8. The number of sulfonamides is 1. The van der Waals surface area contributed by atoms with Gasteiger partial charge in [0.05, 0.1) is 24.2 Å². The molecule has 2 aliphatic rings. The summed E-state index contributed by atoms with van der Waals surface area (Å²) in [5.74, 6) is 0.637. The predicted octanol–water partition coefficient (Wildman–Crippen LogP) is 0.961. The quantitative estimate of drug-likeness (QED) is 0.814. The molecular formula is C14H20N4O4S. The molecule has 1 atom stereocenters. The van der Waals surface area contributed by atoms with Crippen LogP contribution in [0.3, 0.4) is 0 Å². The van der Waals surface area contributed by atoms with E-state index in [1.54, 1.807) is 12.4 Å². The Bertz CT molecular complexity index is 700. The molecule has 1 amide bonds. The van der Waals surface area contributed by atoms with Crippen molar-refractivity contribution in [3.8, 4) is 0 Å². The number of amides is 1. The summed E-state index contributed by atoms with van der Waals surface area (Å²) in [6, 6.07) is -0.0702. The highest BCUT2D eigenvalue weighted by Gasteiger charge is 2.33. The van der Waals surface area contributed by atoms with Gasteiger partial charge in [-0.25, -0.2) is 22.5 Å². The Kier molecular flexibility index (Phi) is 4.24. The van der Waals surface area contributed by atoms with E-state index in [-0.39, 0.29) is 12.0 Å². The van der Waals surface area contributed by atoms with Crippen molar-refractivity contribution >= 4 is 21.9 Å². The first-order chi connectivity index (χ1) is 10.9. The third kappa shape index (κ3) is 3.30. The Morgan fingerprint density at radius 1 is 1.26 bits per heavy atom. The van der Waals surface area contributed by atoms with Gasteiger partial charge in [-0.05, 0) is 19.8 Å². The van der Waals surface area contributed by atoms with E-state index in [1.807, 2.05) is 6.92 Å². The van der Waals surface area contributed by atoms with Crippen LogP contribution in [0.1, 0.15) is 31.4 Å². The first kappa shape index (κ1) is 16.1. The summed E-state index contributed by atoms with van der Waals surface area (Å²) in [6.45, 7) is 3.20. The number of hydrogen-bond donors (Lipinski definition) is 0. The summed E-state index contributed by atoms with van der Waals surface area (Å²) >= 11 is 0. The molecule has 0 aliphatic carbocycles. The number of carbonyl (C=O) groups is 1. The van der Waals surface area contributed by atoms with E-state index >= 15 is 0 Å². The number of anilines is 1. The molecule has 2 saturated heterocycles. The fourth-order valence-corrected chi connectivity index (χ4v) is 3.88. The molecule has 0 spiro atoms. The second-order valence-corrected chi connectivity index (χ2v) is 8.02. The number of ether oxygens (including phenoxy) is 1. The van der Waals surface area contributed by atoms with Gasteiger partial charge in [-0.2, -0.15) is 0 Å². The summed E-state index contributed by atoms with van der Waals surface area (Å²) in [5.41, 5.74) is 0.794. The molecule has 0 saturated carbocycles. The molecule has 9 heteroatoms. The van der Waals surface area contributed by atoms with Crippen LogP contribution in [0.25, 0.3) is 0 Å². The van der Waals surface area contributed by atoms with Crippen LogP contribution in [0, 0.1) is 0 Å². The molecule has 2 aliphatic heterocycles. The highest BCUT2D eigenvalue weighted by molar-refractivity contribution is 7.88. The number of nitrogens with zero attached hydrogens (tertiary/aromatic N) is 4. The normalized spacial score (nSPS) is 24.0. The van der Waals surface area contributed by atoms with Gasteiger partial charge >= 0.3 is 6.09 Å². The third-order valence-corrected chi connectivity index (χ3v) is 5.62. The van der Waals surface area contributed by atoms with Crippen LogP contribution in [0.4, 0.5) is 10.6 Å². The number of rotatable bonds is 3. The summed E-state index contributed by atoms with van der Waals surface area (Å²) in [7, 11) is -3.14. The Labute approximate surface area is 135 Å². The Hall–Kier alpha value is -1.74. The van der Waals surface area contributed by atoms with Gasteiger partial charge in [-0.3, -0.25) is 9.88 Å². The number of aromatic nitrogens is 2. The Morgan fingerprint density at radius 2 is 1.96 bits per heavy atom. The summed E-state index contributed by atoms with van der Waals surface area (Å²) in [4.78, 5) is 22.0. The van der Waals surface area contributed by atoms with Gasteiger partial charge in [-0.15, -0.1) is 0 Å². The summed E-state index contributed by atoms with van der Waals surface area (Å²) in [5, 5.41) is 0. The second kappa shape index (κ2) is 6.04. The van der Waals surface area contributed by atoms with Gasteiger partial charge in [0.25, 0.3) is 0 Å². The van der Waals surface area contributed by atoms with Crippen molar-refractivity contribution in [1.29, 1.82) is 0 Å². The SMILES string of the molecule is C[C@H]1COC(=O)N1c1cncc(C2CCN(S(C)(=O)=O)CC2)n1. The lowest BCUT2D eigenvalue weighted by Crippen LogP contribution is -2.37. The minimum absolute atomic E-state index is 0.0702. The van der Waals surface area contributed by atoms with Gasteiger partial charge < -0.3 is 4.74 Å². The van der Waals surface area contributed by atoms with Gasteiger partial charge in [-0.1, -0.05) is 0 Å². The van der Waals surface area contributed by atoms with Crippen LogP contribution < -0.4 is 4.90 Å². The van der Waals surface area contributed by atoms with Crippen LogP contribution in [-0.4, -0.2) is 60.8 Å². The van der Waals surface area contributed by atoms with Crippen LogP contribution in [0.15, 0.2) is 12.4 Å². The van der Waals surface area contributed by atoms with Crippen LogP contribution in [-0.2, 0) is 14.8 Å². The average molecular weight is 340 g/mol. The van der Waals surface area contributed by atoms with Gasteiger partial charge in [0.15, 0.2) is 5.82 Å². The zero-order chi connectivity index (χ0) is 16.6. The number of carbonyl (C=O) groups excluding carboxylic acids is 1. The molecule has 126 valence electrons. The van der Waals surface area contributed by atoms with Crippen molar-refractivity contribution in [1.82, 2.24) is 14.3 Å². The number of hydrogen-bond acceptors (Lipinski definition) is 6. The molecule has 0 bridgehead atoms. The van der Waals surface area contributed by atoms with Crippen molar-refractivity contribution in [2.75, 3.05) is 30.9 Å². The zero-order valence-electron chi connectivity index (χ0n) is 13.2. The van der Waals surface area contributed by atoms with Crippen molar-refractivity contribution in [2.24, 2.45) is 0 Å². The van der Waals surface area contributed by atoms with Gasteiger partial charge in [0, 0.05) is 25.2 Å². The Balaban J connectivity index is 1.75. The molecule has 3 heterocycles. The van der Waals surface area contributed by atoms with E-state index in [1.165, 1.54) is 15.5 Å². The molecule has 23 heavy (non-hydrogen) atoms. The monoisotopic (exact) mass is 340 g/mol. The summed E-state index contributed by atoms with van der Waals surface area (Å²) in [6.07, 6.45) is 5.47. The van der Waals surface area contributed by atoms with Gasteiger partial charge in [0.1, 0.15) is 6.61 Å². The van der Waals surface area contributed by atoms with E-state index in [2.05, 4.69) is 9.97 Å². The fourth-order valence-electron chi connectivity index (χ4n) is 3.00. The van der Waals surface area contributed by atoms with Crippen LogP contribution in [0.5, 0.6) is 0 Å². The maximum absolute atomic E-state index is 11.8. The molecule has 0 aromatic carbocycles. The molecule has 2 fully saturated rings. The minimum Gasteiger partial charge on any atom is -0.447 e. The van der Waals surface area contributed by atoms with E-state index in [9.17, 15) is 13.2 Å². The zero-order valence-corrected chi connectivity index (χ0v) is 14.0. The first-order valence-corrected chi connectivity index (χ1v) is 9.44. The highest BCUT2D eigenvalue weighted by atomic mass is 32.2. The average Bonchev–Trinajstić information content (AvgIpc) is 2.86. The molecule has 0 N–H and O–H groups in total. The number of piperidine rings is 1. The lowest BCUT2D eigenvalue weighted by atomic mass is 9.95. The molecule has 0 unspecified atom stereocenters. The number of cyclic esters (lactones) is 1. The second-order valence-electron chi connectivity index (χ2n) is 6.03. The smallest absolute Gasteiger partial charge is 0.415 e. The first-order valence-electron chi connectivity index (χ1n) is 7.59. The van der Waals surface area contributed by atoms with Crippen molar-refractivity contribution in [3.05, 3.63) is 18.1 Å². The van der Waals surface area contributed by atoms with E-state index in [0.29, 0.717) is 38.4 Å². The lowest BCUT2D eigenvalue weighted by molar-refractivity contribution is 0.179. The minimum atomic E-state index is -3.14. The third-order valence-electron chi connectivity index (χ3n) is 4.31. The summed E-state index contributed by atoms with van der Waals surface area (Å²) < 4.78 is 29.6. The molecular weight excluding hydrogens is 320 g/mol. The van der Waals surface area contributed by atoms with E-state index < -0.39 is 16.1 Å². The fraction of sp³-hybridized carbons (Fsp3) is 0.643. The molecule has 0 radical (unpaired) electrons. The van der Waals surface area contributed by atoms with Crippen molar-refractivity contribution in [3.63, 3.8) is 0 Å². The predicted molar refractivity (Wildman–Crippen MR) is 83.7 cm³/mol. The van der Waals surface area contributed by atoms with Crippen LogP contribution in [0.2, 0.25) is 0 Å². The van der Waals surface area contributed by atoms with Crippen molar-refractivity contribution < 1.29 is 17.9 Å². The topological polar surface area (TPSA) is 92.7 Å². The van der Waals surface area contributed by atoms with Crippen molar-refractivity contribution in [2.45, 2.75) is 31.7 Å². The van der Waals surface area contributed by atoms with E-state index in [0.717, 1.165) is 5.69 Å². The molecule has 3 rings (SSSR count).